The summed E-state index contributed by atoms with van der Waals surface area (Å²) in [4.78, 5) is 12.2. The minimum absolute atomic E-state index is 0.276. The molecule has 0 aliphatic heterocycles. The van der Waals surface area contributed by atoms with Crippen molar-refractivity contribution in [1.29, 1.82) is 5.26 Å². The van der Waals surface area contributed by atoms with Gasteiger partial charge in [0.15, 0.2) is 11.5 Å². The van der Waals surface area contributed by atoms with Crippen molar-refractivity contribution >= 4 is 5.82 Å². The average molecular weight is 283 g/mol. The summed E-state index contributed by atoms with van der Waals surface area (Å²) in [6.07, 6.45) is 4.73. The number of aromatic nitrogens is 3. The molecule has 108 valence electrons. The number of nitrogens with one attached hydrogen (secondary N) is 1. The molecule has 0 bridgehead atoms. The first-order valence-corrected chi connectivity index (χ1v) is 6.57. The van der Waals surface area contributed by atoms with Crippen molar-refractivity contribution in [3.05, 3.63) is 42.0 Å². The minimum Gasteiger partial charge on any atom is -0.472 e. The Balaban J connectivity index is 2.07. The summed E-state index contributed by atoms with van der Waals surface area (Å²) in [7, 11) is 0. The second-order valence-corrected chi connectivity index (χ2v) is 5.44. The van der Waals surface area contributed by atoms with E-state index in [1.54, 1.807) is 12.4 Å². The third-order valence-corrected chi connectivity index (χ3v) is 2.47. The number of hydrogen-bond donors (Lipinski definition) is 1. The fourth-order valence-electron chi connectivity index (χ4n) is 1.66. The van der Waals surface area contributed by atoms with Crippen LogP contribution in [-0.4, -0.2) is 20.6 Å². The number of hydrogen-bond acceptors (Lipinski definition) is 6. The standard InChI is InChI=1S/C15H17N5O/c1-15(2,3)21-13-8-11(4-5-18-13)10-20-14-12(9-16)17-6-7-19-14/h4-8H,10H2,1-3H3,(H,19,20). The van der Waals surface area contributed by atoms with Crippen LogP contribution in [0.25, 0.3) is 0 Å². The van der Waals surface area contributed by atoms with Gasteiger partial charge in [-0.1, -0.05) is 0 Å². The van der Waals surface area contributed by atoms with Crippen LogP contribution in [0, 0.1) is 11.3 Å². The van der Waals surface area contributed by atoms with Crippen LogP contribution < -0.4 is 10.1 Å². The van der Waals surface area contributed by atoms with Gasteiger partial charge in [0.2, 0.25) is 5.88 Å². The molecule has 2 heterocycles. The number of rotatable bonds is 4. The van der Waals surface area contributed by atoms with Crippen molar-refractivity contribution < 1.29 is 4.74 Å². The van der Waals surface area contributed by atoms with E-state index in [9.17, 15) is 0 Å². The zero-order valence-electron chi connectivity index (χ0n) is 12.3. The summed E-state index contributed by atoms with van der Waals surface area (Å²) in [6.45, 7) is 6.42. The van der Waals surface area contributed by atoms with Gasteiger partial charge in [-0.3, -0.25) is 0 Å². The van der Waals surface area contributed by atoms with Crippen molar-refractivity contribution in [1.82, 2.24) is 15.0 Å². The average Bonchev–Trinajstić information content (AvgIpc) is 2.44. The summed E-state index contributed by atoms with van der Waals surface area (Å²) in [5.74, 6) is 1.04. The Morgan fingerprint density at radius 2 is 1.95 bits per heavy atom. The van der Waals surface area contributed by atoms with Gasteiger partial charge in [-0.25, -0.2) is 15.0 Å². The summed E-state index contributed by atoms with van der Waals surface area (Å²) >= 11 is 0. The van der Waals surface area contributed by atoms with Crippen molar-refractivity contribution in [2.75, 3.05) is 5.32 Å². The Morgan fingerprint density at radius 1 is 1.19 bits per heavy atom. The van der Waals surface area contributed by atoms with E-state index >= 15 is 0 Å². The van der Waals surface area contributed by atoms with Gasteiger partial charge in [-0.05, 0) is 32.4 Å². The lowest BCUT2D eigenvalue weighted by Crippen LogP contribution is -2.23. The number of ether oxygens (including phenoxy) is 1. The molecule has 2 rings (SSSR count). The van der Waals surface area contributed by atoms with Crippen LogP contribution in [-0.2, 0) is 6.54 Å². The highest BCUT2D eigenvalue weighted by atomic mass is 16.5. The smallest absolute Gasteiger partial charge is 0.214 e. The molecule has 0 amide bonds. The molecule has 2 aromatic rings. The van der Waals surface area contributed by atoms with Crippen LogP contribution in [0.2, 0.25) is 0 Å². The van der Waals surface area contributed by atoms with E-state index in [0.717, 1.165) is 5.56 Å². The largest absolute Gasteiger partial charge is 0.472 e. The first-order valence-electron chi connectivity index (χ1n) is 6.57. The van der Waals surface area contributed by atoms with Crippen LogP contribution in [0.5, 0.6) is 5.88 Å². The van der Waals surface area contributed by atoms with Gasteiger partial charge in [-0.2, -0.15) is 5.26 Å². The monoisotopic (exact) mass is 283 g/mol. The van der Waals surface area contributed by atoms with Gasteiger partial charge in [0.25, 0.3) is 0 Å². The molecular weight excluding hydrogens is 266 g/mol. The summed E-state index contributed by atoms with van der Waals surface area (Å²) in [5, 5.41) is 12.1. The predicted molar refractivity (Wildman–Crippen MR) is 78.7 cm³/mol. The van der Waals surface area contributed by atoms with E-state index in [0.29, 0.717) is 18.2 Å². The van der Waals surface area contributed by atoms with Gasteiger partial charge < -0.3 is 10.1 Å². The number of anilines is 1. The zero-order valence-corrected chi connectivity index (χ0v) is 12.3. The molecule has 0 atom stereocenters. The highest BCUT2D eigenvalue weighted by Gasteiger charge is 2.12. The normalized spacial score (nSPS) is 10.8. The highest BCUT2D eigenvalue weighted by molar-refractivity contribution is 5.47. The van der Waals surface area contributed by atoms with E-state index in [1.807, 2.05) is 39.0 Å². The summed E-state index contributed by atoms with van der Waals surface area (Å²) in [6, 6.07) is 5.74. The number of nitrogens with zero attached hydrogens (tertiary/aromatic N) is 4. The molecule has 0 aliphatic rings. The minimum atomic E-state index is -0.294. The molecule has 0 radical (unpaired) electrons. The molecule has 0 saturated heterocycles. The molecule has 1 N–H and O–H groups in total. The molecule has 0 unspecified atom stereocenters. The molecule has 6 nitrogen and oxygen atoms in total. The van der Waals surface area contributed by atoms with Crippen LogP contribution in [0.15, 0.2) is 30.7 Å². The Hall–Kier alpha value is -2.68. The van der Waals surface area contributed by atoms with Crippen molar-refractivity contribution in [2.24, 2.45) is 0 Å². The Bertz CT molecular complexity index is 658. The summed E-state index contributed by atoms with van der Waals surface area (Å²) in [5.41, 5.74) is 0.967. The van der Waals surface area contributed by atoms with Gasteiger partial charge >= 0.3 is 0 Å². The Labute approximate surface area is 123 Å². The first-order chi connectivity index (χ1) is 9.98. The third-order valence-electron chi connectivity index (χ3n) is 2.47. The third kappa shape index (κ3) is 4.42. The van der Waals surface area contributed by atoms with E-state index in [4.69, 9.17) is 10.00 Å². The van der Waals surface area contributed by atoms with Crippen molar-refractivity contribution in [3.63, 3.8) is 0 Å². The van der Waals surface area contributed by atoms with Crippen LogP contribution in [0.3, 0.4) is 0 Å². The maximum Gasteiger partial charge on any atom is 0.214 e. The molecule has 21 heavy (non-hydrogen) atoms. The number of nitriles is 1. The SMILES string of the molecule is CC(C)(C)Oc1cc(CNc2nccnc2C#N)ccn1. The predicted octanol–water partition coefficient (Wildman–Crippen LogP) is 2.53. The highest BCUT2D eigenvalue weighted by Crippen LogP contribution is 2.17. The van der Waals surface area contributed by atoms with Crippen LogP contribution in [0.4, 0.5) is 5.82 Å². The molecular formula is C15H17N5O. The quantitative estimate of drug-likeness (QED) is 0.928. The first kappa shape index (κ1) is 14.7. The summed E-state index contributed by atoms with van der Waals surface area (Å²) < 4.78 is 5.72. The van der Waals surface area contributed by atoms with E-state index in [-0.39, 0.29) is 11.3 Å². The van der Waals surface area contributed by atoms with E-state index in [2.05, 4.69) is 20.3 Å². The second-order valence-electron chi connectivity index (χ2n) is 5.44. The Morgan fingerprint density at radius 3 is 2.67 bits per heavy atom. The Kier molecular flexibility index (Phi) is 4.33. The second kappa shape index (κ2) is 6.18. The molecule has 0 spiro atoms. The van der Waals surface area contributed by atoms with Gasteiger partial charge in [0.1, 0.15) is 11.7 Å². The lowest BCUT2D eigenvalue weighted by atomic mass is 10.2. The molecule has 0 aliphatic carbocycles. The van der Waals surface area contributed by atoms with Gasteiger partial charge in [0.05, 0.1) is 0 Å². The number of pyridine rings is 1. The topological polar surface area (TPSA) is 83.7 Å². The fourth-order valence-corrected chi connectivity index (χ4v) is 1.66. The lowest BCUT2D eigenvalue weighted by Gasteiger charge is -2.20. The fraction of sp³-hybridized carbons (Fsp3) is 0.333. The van der Waals surface area contributed by atoms with E-state index < -0.39 is 0 Å². The van der Waals surface area contributed by atoms with Crippen molar-refractivity contribution in [2.45, 2.75) is 32.9 Å². The maximum atomic E-state index is 8.96. The molecule has 2 aromatic heterocycles. The lowest BCUT2D eigenvalue weighted by molar-refractivity contribution is 0.124. The zero-order chi connectivity index (χ0) is 15.3. The van der Waals surface area contributed by atoms with E-state index in [1.165, 1.54) is 6.20 Å². The van der Waals surface area contributed by atoms with Gasteiger partial charge in [-0.15, -0.1) is 0 Å². The van der Waals surface area contributed by atoms with Crippen molar-refractivity contribution in [3.8, 4) is 11.9 Å². The maximum absolute atomic E-state index is 8.96. The van der Waals surface area contributed by atoms with Gasteiger partial charge in [0, 0.05) is 31.2 Å². The van der Waals surface area contributed by atoms with Crippen LogP contribution >= 0.6 is 0 Å². The molecule has 0 aromatic carbocycles. The molecule has 6 heteroatoms. The van der Waals surface area contributed by atoms with Crippen LogP contribution in [0.1, 0.15) is 32.0 Å². The molecule has 0 fully saturated rings. The molecule has 0 saturated carbocycles.